The summed E-state index contributed by atoms with van der Waals surface area (Å²) in [6.07, 6.45) is 0. The van der Waals surface area contributed by atoms with Gasteiger partial charge in [-0.2, -0.15) is 8.15 Å². The van der Waals surface area contributed by atoms with E-state index in [1.54, 1.807) is 18.2 Å². The van der Waals surface area contributed by atoms with E-state index in [9.17, 15) is 4.57 Å². The van der Waals surface area contributed by atoms with Crippen LogP contribution in [0.25, 0.3) is 10.8 Å². The van der Waals surface area contributed by atoms with Crippen LogP contribution >= 0.6 is 31.6 Å². The molecule has 0 fully saturated rings. The number of phosphoric acid groups is 1. The second kappa shape index (κ2) is 5.25. The summed E-state index contributed by atoms with van der Waals surface area (Å²) >= 11 is 9.96. The van der Waals surface area contributed by atoms with E-state index in [0.717, 1.165) is 10.8 Å². The zero-order valence-electron chi connectivity index (χ0n) is 8.38. The van der Waals surface area contributed by atoms with Gasteiger partial charge in [0.1, 0.15) is 5.75 Å². The summed E-state index contributed by atoms with van der Waals surface area (Å²) in [7, 11) is -3.95. The highest BCUT2D eigenvalue weighted by Gasteiger charge is 2.28. The van der Waals surface area contributed by atoms with Crippen molar-refractivity contribution in [1.82, 2.24) is 0 Å². The SMILES string of the molecule is O=P(OCl)(OCl)Oc1ccc2ccccc2c1. The van der Waals surface area contributed by atoms with Crippen LogP contribution in [0.4, 0.5) is 0 Å². The number of rotatable bonds is 4. The maximum Gasteiger partial charge on any atom is 0.563 e. The van der Waals surface area contributed by atoms with Gasteiger partial charge in [0.25, 0.3) is 0 Å². The lowest BCUT2D eigenvalue weighted by atomic mass is 10.1. The van der Waals surface area contributed by atoms with E-state index in [4.69, 9.17) is 28.3 Å². The third-order valence-electron chi connectivity index (χ3n) is 2.11. The fourth-order valence-electron chi connectivity index (χ4n) is 1.39. The van der Waals surface area contributed by atoms with Crippen LogP contribution in [0.2, 0.25) is 0 Å². The fraction of sp³-hybridized carbons (Fsp3) is 0. The molecule has 0 bridgehead atoms. The first-order valence-corrected chi connectivity index (χ1v) is 6.64. The molecule has 0 saturated carbocycles. The first-order valence-electron chi connectivity index (χ1n) is 4.56. The van der Waals surface area contributed by atoms with Gasteiger partial charge in [-0.05, 0) is 22.9 Å². The van der Waals surface area contributed by atoms with Gasteiger partial charge in [-0.15, -0.1) is 0 Å². The number of halogens is 2. The van der Waals surface area contributed by atoms with E-state index < -0.39 is 7.82 Å². The van der Waals surface area contributed by atoms with Crippen LogP contribution in [-0.4, -0.2) is 0 Å². The predicted octanol–water partition coefficient (Wildman–Crippen LogP) is 4.67. The molecule has 0 aliphatic carbocycles. The zero-order chi connectivity index (χ0) is 12.3. The van der Waals surface area contributed by atoms with Gasteiger partial charge in [0, 0.05) is 0 Å². The average Bonchev–Trinajstić information content (AvgIpc) is 2.38. The van der Waals surface area contributed by atoms with E-state index in [2.05, 4.69) is 8.15 Å². The molecule has 0 unspecified atom stereocenters. The summed E-state index contributed by atoms with van der Waals surface area (Å²) in [6.45, 7) is 0. The molecule has 0 aromatic heterocycles. The van der Waals surface area contributed by atoms with Crippen molar-refractivity contribution in [3.05, 3.63) is 42.5 Å². The first-order chi connectivity index (χ1) is 8.17. The molecule has 0 amide bonds. The van der Waals surface area contributed by atoms with E-state index in [0.29, 0.717) is 0 Å². The van der Waals surface area contributed by atoms with Crippen LogP contribution in [0.15, 0.2) is 42.5 Å². The maximum absolute atomic E-state index is 11.5. The number of hydrogen-bond donors (Lipinski definition) is 0. The number of hydrogen-bond acceptors (Lipinski definition) is 4. The molecule has 0 atom stereocenters. The molecule has 0 spiro atoms. The maximum atomic E-state index is 11.5. The molecule has 7 heteroatoms. The summed E-state index contributed by atoms with van der Waals surface area (Å²) in [5.74, 6) is 0.285. The molecular weight excluding hydrogens is 286 g/mol. The predicted molar refractivity (Wildman–Crippen MR) is 66.1 cm³/mol. The largest absolute Gasteiger partial charge is 0.563 e. The van der Waals surface area contributed by atoms with Crippen molar-refractivity contribution < 1.29 is 17.2 Å². The molecule has 0 radical (unpaired) electrons. The summed E-state index contributed by atoms with van der Waals surface area (Å²) in [5, 5.41) is 1.94. The Morgan fingerprint density at radius 1 is 0.941 bits per heavy atom. The lowest BCUT2D eigenvalue weighted by Gasteiger charge is -2.11. The minimum atomic E-state index is -3.95. The van der Waals surface area contributed by atoms with Gasteiger partial charge in [0.15, 0.2) is 0 Å². The second-order valence-corrected chi connectivity index (χ2v) is 5.37. The van der Waals surface area contributed by atoms with Crippen LogP contribution in [0.3, 0.4) is 0 Å². The van der Waals surface area contributed by atoms with Gasteiger partial charge >= 0.3 is 7.82 Å². The summed E-state index contributed by atoms with van der Waals surface area (Å²) < 4.78 is 24.6. The van der Waals surface area contributed by atoms with Crippen LogP contribution in [-0.2, 0) is 12.7 Å². The smallest absolute Gasteiger partial charge is 0.402 e. The Morgan fingerprint density at radius 2 is 1.59 bits per heavy atom. The quantitative estimate of drug-likeness (QED) is 0.768. The van der Waals surface area contributed by atoms with Crippen LogP contribution in [0.5, 0.6) is 5.75 Å². The highest BCUT2D eigenvalue weighted by atomic mass is 35.5. The van der Waals surface area contributed by atoms with Gasteiger partial charge < -0.3 is 4.52 Å². The Labute approximate surface area is 108 Å². The highest BCUT2D eigenvalue weighted by Crippen LogP contribution is 2.51. The van der Waals surface area contributed by atoms with Crippen LogP contribution in [0.1, 0.15) is 0 Å². The Balaban J connectivity index is 2.34. The average molecular weight is 293 g/mol. The normalized spacial score (nSPS) is 11.6. The highest BCUT2D eigenvalue weighted by molar-refractivity contribution is 7.50. The molecule has 0 heterocycles. The van der Waals surface area contributed by atoms with Crippen molar-refractivity contribution in [2.45, 2.75) is 0 Å². The van der Waals surface area contributed by atoms with Gasteiger partial charge in [0.05, 0.1) is 23.7 Å². The lowest BCUT2D eigenvalue weighted by molar-refractivity contribution is 0.318. The van der Waals surface area contributed by atoms with Crippen LogP contribution in [0, 0.1) is 0 Å². The zero-order valence-corrected chi connectivity index (χ0v) is 10.8. The topological polar surface area (TPSA) is 44.8 Å². The Bertz CT molecular complexity index is 567. The van der Waals surface area contributed by atoms with E-state index in [-0.39, 0.29) is 5.75 Å². The van der Waals surface area contributed by atoms with E-state index >= 15 is 0 Å². The van der Waals surface area contributed by atoms with E-state index in [1.165, 1.54) is 0 Å². The molecule has 0 N–H and O–H groups in total. The third kappa shape index (κ3) is 2.92. The summed E-state index contributed by atoms with van der Waals surface area (Å²) in [6, 6.07) is 12.7. The molecule has 4 nitrogen and oxygen atoms in total. The standard InChI is InChI=1S/C10H7Cl2O4P/c11-15-17(13,16-12)14-10-6-5-8-3-1-2-4-9(8)7-10/h1-7H. The fourth-order valence-corrected chi connectivity index (χ4v) is 2.27. The molecule has 0 aliphatic rings. The molecule has 2 aromatic carbocycles. The minimum Gasteiger partial charge on any atom is -0.402 e. The van der Waals surface area contributed by atoms with Crippen molar-refractivity contribution in [2.24, 2.45) is 0 Å². The lowest BCUT2D eigenvalue weighted by Crippen LogP contribution is -1.92. The third-order valence-corrected chi connectivity index (χ3v) is 3.89. The van der Waals surface area contributed by atoms with Gasteiger partial charge in [0.2, 0.25) is 0 Å². The molecular formula is C10H7Cl2O4P. The van der Waals surface area contributed by atoms with Crippen molar-refractivity contribution in [2.75, 3.05) is 0 Å². The Hall–Kier alpha value is -0.770. The van der Waals surface area contributed by atoms with Crippen molar-refractivity contribution in [1.29, 1.82) is 0 Å². The molecule has 2 aromatic rings. The molecule has 0 aliphatic heterocycles. The van der Waals surface area contributed by atoms with Crippen molar-refractivity contribution in [3.63, 3.8) is 0 Å². The molecule has 2 rings (SSSR count). The molecule has 17 heavy (non-hydrogen) atoms. The minimum absolute atomic E-state index is 0.285. The number of fused-ring (bicyclic) bond motifs is 1. The van der Waals surface area contributed by atoms with E-state index in [1.807, 2.05) is 24.3 Å². The Kier molecular flexibility index (Phi) is 3.92. The summed E-state index contributed by atoms with van der Waals surface area (Å²) in [4.78, 5) is 0. The molecule has 0 saturated heterocycles. The van der Waals surface area contributed by atoms with Crippen LogP contribution < -0.4 is 4.52 Å². The van der Waals surface area contributed by atoms with Gasteiger partial charge in [-0.25, -0.2) is 4.57 Å². The monoisotopic (exact) mass is 292 g/mol. The summed E-state index contributed by atoms with van der Waals surface area (Å²) in [5.41, 5.74) is 0. The van der Waals surface area contributed by atoms with Crippen molar-refractivity contribution in [3.8, 4) is 5.75 Å². The second-order valence-electron chi connectivity index (χ2n) is 3.19. The first kappa shape index (κ1) is 12.7. The Morgan fingerprint density at radius 3 is 2.24 bits per heavy atom. The van der Waals surface area contributed by atoms with Gasteiger partial charge in [-0.1, -0.05) is 30.3 Å². The molecule has 90 valence electrons. The number of benzene rings is 2. The van der Waals surface area contributed by atoms with Crippen molar-refractivity contribution >= 4 is 42.3 Å². The van der Waals surface area contributed by atoms with Gasteiger partial charge in [-0.3, -0.25) is 0 Å².